The topological polar surface area (TPSA) is 58.1 Å². The maximum atomic E-state index is 5.54. The van der Waals surface area contributed by atoms with Crippen molar-refractivity contribution in [2.24, 2.45) is 4.99 Å². The van der Waals surface area contributed by atoms with Gasteiger partial charge in [0.2, 0.25) is 0 Å². The molecule has 0 radical (unpaired) electrons. The van der Waals surface area contributed by atoms with Crippen LogP contribution in [0, 0.1) is 0 Å². The number of guanidine groups is 1. The van der Waals surface area contributed by atoms with Crippen molar-refractivity contribution >= 4 is 5.96 Å². The van der Waals surface area contributed by atoms with E-state index in [1.54, 1.807) is 7.05 Å². The van der Waals surface area contributed by atoms with Crippen molar-refractivity contribution in [1.82, 2.24) is 15.5 Å². The van der Waals surface area contributed by atoms with Crippen molar-refractivity contribution in [2.45, 2.75) is 59.5 Å². The molecule has 0 aliphatic heterocycles. The Kier molecular flexibility index (Phi) is 15.1. The zero-order chi connectivity index (χ0) is 18.2. The number of nitrogens with one attached hydrogen (secondary N) is 2. The van der Waals surface area contributed by atoms with Crippen LogP contribution in [-0.4, -0.2) is 76.1 Å². The lowest BCUT2D eigenvalue weighted by atomic mass is 10.2. The van der Waals surface area contributed by atoms with E-state index in [1.165, 1.54) is 6.42 Å². The summed E-state index contributed by atoms with van der Waals surface area (Å²) in [6.45, 7) is 16.5. The molecule has 0 bridgehead atoms. The standard InChI is InChI=1S/C18H40N4O2/c1-7-8-12-23-14-15-24-13-10-21-18(19-6)20-9-11-22(16(2)3)17(4)5/h16-17H,7-15H2,1-6H3,(H2,19,20,21). The molecule has 0 aliphatic carbocycles. The summed E-state index contributed by atoms with van der Waals surface area (Å²) in [5, 5.41) is 6.62. The second kappa shape index (κ2) is 15.7. The highest BCUT2D eigenvalue weighted by molar-refractivity contribution is 5.79. The Hall–Kier alpha value is -0.850. The first-order chi connectivity index (χ1) is 11.5. The molecule has 0 spiro atoms. The van der Waals surface area contributed by atoms with Crippen LogP contribution >= 0.6 is 0 Å². The summed E-state index contributed by atoms with van der Waals surface area (Å²) in [5.41, 5.74) is 0. The van der Waals surface area contributed by atoms with Crippen LogP contribution in [-0.2, 0) is 9.47 Å². The van der Waals surface area contributed by atoms with E-state index in [1.807, 2.05) is 0 Å². The molecule has 0 aromatic carbocycles. The van der Waals surface area contributed by atoms with Crippen molar-refractivity contribution < 1.29 is 9.47 Å². The van der Waals surface area contributed by atoms with Crippen molar-refractivity contribution in [3.8, 4) is 0 Å². The minimum atomic E-state index is 0.551. The van der Waals surface area contributed by atoms with E-state index < -0.39 is 0 Å². The zero-order valence-corrected chi connectivity index (χ0v) is 16.7. The van der Waals surface area contributed by atoms with Gasteiger partial charge in [0.15, 0.2) is 5.96 Å². The maximum absolute atomic E-state index is 5.54. The third kappa shape index (κ3) is 12.6. The van der Waals surface area contributed by atoms with Crippen LogP contribution < -0.4 is 10.6 Å². The molecule has 2 N–H and O–H groups in total. The van der Waals surface area contributed by atoms with Gasteiger partial charge in [-0.2, -0.15) is 0 Å². The molecule has 0 fully saturated rings. The lowest BCUT2D eigenvalue weighted by Gasteiger charge is -2.30. The highest BCUT2D eigenvalue weighted by atomic mass is 16.5. The summed E-state index contributed by atoms with van der Waals surface area (Å²) >= 11 is 0. The third-order valence-electron chi connectivity index (χ3n) is 3.77. The molecular formula is C18H40N4O2. The van der Waals surface area contributed by atoms with Crippen LogP contribution in [0.25, 0.3) is 0 Å². The molecule has 0 unspecified atom stereocenters. The van der Waals surface area contributed by atoms with Crippen molar-refractivity contribution in [3.63, 3.8) is 0 Å². The largest absolute Gasteiger partial charge is 0.379 e. The molecule has 0 heterocycles. The van der Waals surface area contributed by atoms with Crippen molar-refractivity contribution in [3.05, 3.63) is 0 Å². The first-order valence-corrected chi connectivity index (χ1v) is 9.38. The van der Waals surface area contributed by atoms with Crippen LogP contribution in [0.15, 0.2) is 4.99 Å². The van der Waals surface area contributed by atoms with Crippen LogP contribution in [0.2, 0.25) is 0 Å². The second-order valence-electron chi connectivity index (χ2n) is 6.43. The van der Waals surface area contributed by atoms with E-state index in [-0.39, 0.29) is 0 Å². The first-order valence-electron chi connectivity index (χ1n) is 9.38. The van der Waals surface area contributed by atoms with Gasteiger partial charge < -0.3 is 20.1 Å². The summed E-state index contributed by atoms with van der Waals surface area (Å²) in [4.78, 5) is 6.70. The molecule has 0 rings (SSSR count). The lowest BCUT2D eigenvalue weighted by molar-refractivity contribution is 0.0487. The zero-order valence-electron chi connectivity index (χ0n) is 16.7. The quantitative estimate of drug-likeness (QED) is 0.287. The Morgan fingerprint density at radius 3 is 2.04 bits per heavy atom. The van der Waals surface area contributed by atoms with Gasteiger partial charge in [-0.25, -0.2) is 0 Å². The fraction of sp³-hybridized carbons (Fsp3) is 0.944. The predicted molar refractivity (Wildman–Crippen MR) is 103 cm³/mol. The Morgan fingerprint density at radius 1 is 0.917 bits per heavy atom. The van der Waals surface area contributed by atoms with Gasteiger partial charge in [-0.3, -0.25) is 9.89 Å². The molecule has 144 valence electrons. The number of nitrogens with zero attached hydrogens (tertiary/aromatic N) is 2. The van der Waals surface area contributed by atoms with Crippen molar-refractivity contribution in [1.29, 1.82) is 0 Å². The molecule has 6 heteroatoms. The number of unbranched alkanes of at least 4 members (excludes halogenated alkanes) is 1. The van der Waals surface area contributed by atoms with Gasteiger partial charge >= 0.3 is 0 Å². The van der Waals surface area contributed by atoms with E-state index >= 15 is 0 Å². The number of hydrogen-bond acceptors (Lipinski definition) is 4. The fourth-order valence-electron chi connectivity index (χ4n) is 2.45. The molecule has 0 aliphatic rings. The minimum Gasteiger partial charge on any atom is -0.379 e. The average Bonchev–Trinajstić information content (AvgIpc) is 2.54. The first kappa shape index (κ1) is 23.1. The van der Waals surface area contributed by atoms with Gasteiger partial charge in [0.25, 0.3) is 0 Å². The monoisotopic (exact) mass is 344 g/mol. The van der Waals surface area contributed by atoms with E-state index in [0.717, 1.165) is 38.6 Å². The summed E-state index contributed by atoms with van der Waals surface area (Å²) in [7, 11) is 1.79. The third-order valence-corrected chi connectivity index (χ3v) is 3.77. The van der Waals surface area contributed by atoms with Gasteiger partial charge in [0.1, 0.15) is 0 Å². The SMILES string of the molecule is CCCCOCCOCCNC(=NC)NCCN(C(C)C)C(C)C. The van der Waals surface area contributed by atoms with Gasteiger partial charge in [-0.1, -0.05) is 13.3 Å². The molecular weight excluding hydrogens is 304 g/mol. The van der Waals surface area contributed by atoms with Crippen molar-refractivity contribution in [2.75, 3.05) is 53.1 Å². The Bertz CT molecular complexity index is 301. The highest BCUT2D eigenvalue weighted by Gasteiger charge is 2.12. The maximum Gasteiger partial charge on any atom is 0.191 e. The molecule has 0 aromatic heterocycles. The minimum absolute atomic E-state index is 0.551. The lowest BCUT2D eigenvalue weighted by Crippen LogP contribution is -2.45. The Labute approximate surface area is 149 Å². The van der Waals surface area contributed by atoms with E-state index in [0.29, 0.717) is 31.9 Å². The summed E-state index contributed by atoms with van der Waals surface area (Å²) in [5.74, 6) is 0.824. The predicted octanol–water partition coefficient (Wildman–Crippen LogP) is 2.10. The number of hydrogen-bond donors (Lipinski definition) is 2. The van der Waals surface area contributed by atoms with Gasteiger partial charge in [0.05, 0.1) is 19.8 Å². The van der Waals surface area contributed by atoms with Gasteiger partial charge in [-0.15, -0.1) is 0 Å². The normalized spacial score (nSPS) is 12.5. The Morgan fingerprint density at radius 2 is 1.50 bits per heavy atom. The molecule has 24 heavy (non-hydrogen) atoms. The van der Waals surface area contributed by atoms with Crippen LogP contribution in [0.1, 0.15) is 47.5 Å². The van der Waals surface area contributed by atoms with Crippen LogP contribution in [0.4, 0.5) is 0 Å². The van der Waals surface area contributed by atoms with Gasteiger partial charge in [0, 0.05) is 45.4 Å². The molecule has 0 atom stereocenters. The number of aliphatic imine (C=N–C) groups is 1. The van der Waals surface area contributed by atoms with Crippen LogP contribution in [0.3, 0.4) is 0 Å². The van der Waals surface area contributed by atoms with E-state index in [9.17, 15) is 0 Å². The molecule has 6 nitrogen and oxygen atoms in total. The second-order valence-corrected chi connectivity index (χ2v) is 6.43. The summed E-state index contributed by atoms with van der Waals surface area (Å²) in [6, 6.07) is 1.10. The van der Waals surface area contributed by atoms with Gasteiger partial charge in [-0.05, 0) is 34.1 Å². The van der Waals surface area contributed by atoms with E-state index in [2.05, 4.69) is 55.1 Å². The Balaban J connectivity index is 3.67. The average molecular weight is 345 g/mol. The van der Waals surface area contributed by atoms with E-state index in [4.69, 9.17) is 9.47 Å². The molecule has 0 saturated heterocycles. The molecule has 0 aromatic rings. The fourth-order valence-corrected chi connectivity index (χ4v) is 2.45. The molecule has 0 saturated carbocycles. The number of ether oxygens (including phenoxy) is 2. The molecule has 0 amide bonds. The summed E-state index contributed by atoms with van der Waals surface area (Å²) < 4.78 is 11.0. The summed E-state index contributed by atoms with van der Waals surface area (Å²) in [6.07, 6.45) is 2.29. The number of rotatable bonds is 14. The smallest absolute Gasteiger partial charge is 0.191 e. The highest BCUT2D eigenvalue weighted by Crippen LogP contribution is 2.03. The van der Waals surface area contributed by atoms with Crippen LogP contribution in [0.5, 0.6) is 0 Å².